The number of methoxy groups -OCH3 is 1. The van der Waals surface area contributed by atoms with Crippen molar-refractivity contribution in [1.82, 2.24) is 15.0 Å². The molecule has 0 aliphatic rings. The second-order valence-corrected chi connectivity index (χ2v) is 7.77. The van der Waals surface area contributed by atoms with Gasteiger partial charge in [0.15, 0.2) is 9.84 Å². The van der Waals surface area contributed by atoms with Crippen LogP contribution in [0, 0.1) is 0 Å². The van der Waals surface area contributed by atoms with E-state index in [4.69, 9.17) is 16.2 Å². The van der Waals surface area contributed by atoms with Crippen molar-refractivity contribution in [3.8, 4) is 5.88 Å². The SMILES string of the molecule is COc1nc(C(C)C)c(Cc2cnc(N)nc2N)cc1S(C)(=O)=O. The summed E-state index contributed by atoms with van der Waals surface area (Å²) >= 11 is 0. The number of sulfone groups is 1. The summed E-state index contributed by atoms with van der Waals surface area (Å²) in [5.41, 5.74) is 13.5. The molecular formula is C15H21N5O3S. The van der Waals surface area contributed by atoms with Crippen LogP contribution < -0.4 is 16.2 Å². The van der Waals surface area contributed by atoms with Crippen molar-refractivity contribution in [2.45, 2.75) is 31.1 Å². The van der Waals surface area contributed by atoms with Crippen molar-refractivity contribution in [1.29, 1.82) is 0 Å². The Labute approximate surface area is 141 Å². The minimum atomic E-state index is -3.49. The van der Waals surface area contributed by atoms with E-state index < -0.39 is 9.84 Å². The number of hydrogen-bond donors (Lipinski definition) is 2. The highest BCUT2D eigenvalue weighted by atomic mass is 32.2. The summed E-state index contributed by atoms with van der Waals surface area (Å²) in [6, 6.07) is 1.58. The van der Waals surface area contributed by atoms with E-state index in [1.165, 1.54) is 13.3 Å². The Morgan fingerprint density at radius 3 is 2.38 bits per heavy atom. The lowest BCUT2D eigenvalue weighted by Gasteiger charge is -2.16. The van der Waals surface area contributed by atoms with E-state index in [0.29, 0.717) is 12.0 Å². The number of anilines is 2. The van der Waals surface area contributed by atoms with E-state index in [-0.39, 0.29) is 28.5 Å². The number of nitrogens with two attached hydrogens (primary N) is 2. The van der Waals surface area contributed by atoms with Gasteiger partial charge in [-0.3, -0.25) is 0 Å². The second kappa shape index (κ2) is 6.60. The molecule has 2 aromatic rings. The molecule has 0 saturated carbocycles. The Balaban J connectivity index is 2.62. The van der Waals surface area contributed by atoms with Gasteiger partial charge in [-0.05, 0) is 17.5 Å². The molecule has 8 nitrogen and oxygen atoms in total. The predicted octanol–water partition coefficient (Wildman–Crippen LogP) is 1.16. The quantitative estimate of drug-likeness (QED) is 0.819. The molecule has 9 heteroatoms. The van der Waals surface area contributed by atoms with E-state index >= 15 is 0 Å². The number of ether oxygens (including phenoxy) is 1. The standard InChI is InChI=1S/C15H21N5O3S/c1-8(2)12-9(5-10-7-18-15(17)20-13(10)16)6-11(24(4,21)22)14(19-12)23-3/h6-8H,5H2,1-4H3,(H4,16,17,18,20). The van der Waals surface area contributed by atoms with Crippen LogP contribution in [-0.4, -0.2) is 36.7 Å². The summed E-state index contributed by atoms with van der Waals surface area (Å²) in [5, 5.41) is 0. The molecule has 0 spiro atoms. The van der Waals surface area contributed by atoms with Gasteiger partial charge in [0.2, 0.25) is 11.8 Å². The van der Waals surface area contributed by atoms with Gasteiger partial charge in [-0.2, -0.15) is 4.98 Å². The largest absolute Gasteiger partial charge is 0.480 e. The van der Waals surface area contributed by atoms with Crippen molar-refractivity contribution >= 4 is 21.6 Å². The second-order valence-electron chi connectivity index (χ2n) is 5.78. The van der Waals surface area contributed by atoms with Crippen LogP contribution in [0.25, 0.3) is 0 Å². The highest BCUT2D eigenvalue weighted by Gasteiger charge is 2.21. The topological polar surface area (TPSA) is 134 Å². The first-order valence-corrected chi connectivity index (χ1v) is 9.17. The molecule has 0 fully saturated rings. The molecule has 0 aliphatic heterocycles. The number of nitrogen functional groups attached to an aromatic ring is 2. The molecule has 2 rings (SSSR count). The maximum atomic E-state index is 12.0. The molecule has 130 valence electrons. The zero-order valence-electron chi connectivity index (χ0n) is 14.1. The fraction of sp³-hybridized carbons (Fsp3) is 0.400. The average Bonchev–Trinajstić information content (AvgIpc) is 2.48. The van der Waals surface area contributed by atoms with E-state index in [1.807, 2.05) is 13.8 Å². The number of hydrogen-bond acceptors (Lipinski definition) is 8. The molecular weight excluding hydrogens is 330 g/mol. The minimum Gasteiger partial charge on any atom is -0.480 e. The van der Waals surface area contributed by atoms with Crippen LogP contribution in [0.1, 0.15) is 36.6 Å². The minimum absolute atomic E-state index is 0.0411. The number of pyridine rings is 1. The highest BCUT2D eigenvalue weighted by molar-refractivity contribution is 7.90. The van der Waals surface area contributed by atoms with Gasteiger partial charge in [0.05, 0.1) is 12.8 Å². The van der Waals surface area contributed by atoms with Crippen LogP contribution in [0.2, 0.25) is 0 Å². The first kappa shape index (κ1) is 17.9. The first-order valence-electron chi connectivity index (χ1n) is 7.28. The lowest BCUT2D eigenvalue weighted by atomic mass is 9.98. The number of rotatable bonds is 5. The summed E-state index contributed by atoms with van der Waals surface area (Å²) in [7, 11) is -2.09. The van der Waals surface area contributed by atoms with Crippen LogP contribution in [0.5, 0.6) is 5.88 Å². The Bertz CT molecular complexity index is 866. The van der Waals surface area contributed by atoms with Crippen LogP contribution in [-0.2, 0) is 16.3 Å². The molecule has 24 heavy (non-hydrogen) atoms. The summed E-state index contributed by atoms with van der Waals surface area (Å²) in [5.74, 6) is 0.504. The fourth-order valence-corrected chi connectivity index (χ4v) is 3.16. The van der Waals surface area contributed by atoms with E-state index in [1.54, 1.807) is 6.07 Å². The normalized spacial score (nSPS) is 11.7. The molecule has 0 unspecified atom stereocenters. The Kier molecular flexibility index (Phi) is 4.93. The molecule has 2 aromatic heterocycles. The lowest BCUT2D eigenvalue weighted by Crippen LogP contribution is -2.10. The van der Waals surface area contributed by atoms with Crippen molar-refractivity contribution in [3.63, 3.8) is 0 Å². The Hall–Kier alpha value is -2.42. The number of nitrogens with zero attached hydrogens (tertiary/aromatic N) is 3. The van der Waals surface area contributed by atoms with Crippen LogP contribution >= 0.6 is 0 Å². The predicted molar refractivity (Wildman–Crippen MR) is 91.7 cm³/mol. The van der Waals surface area contributed by atoms with Crippen LogP contribution in [0.4, 0.5) is 11.8 Å². The van der Waals surface area contributed by atoms with Gasteiger partial charge in [0.25, 0.3) is 0 Å². The molecule has 0 bridgehead atoms. The van der Waals surface area contributed by atoms with Gasteiger partial charge in [0.1, 0.15) is 10.7 Å². The maximum Gasteiger partial charge on any atom is 0.232 e. The van der Waals surface area contributed by atoms with Gasteiger partial charge in [-0.1, -0.05) is 13.8 Å². The van der Waals surface area contributed by atoms with Gasteiger partial charge in [-0.15, -0.1) is 0 Å². The van der Waals surface area contributed by atoms with Gasteiger partial charge < -0.3 is 16.2 Å². The zero-order valence-corrected chi connectivity index (χ0v) is 14.9. The zero-order chi connectivity index (χ0) is 18.1. The molecule has 0 amide bonds. The fourth-order valence-electron chi connectivity index (χ4n) is 2.36. The summed E-state index contributed by atoms with van der Waals surface area (Å²) in [6.45, 7) is 3.93. The van der Waals surface area contributed by atoms with Gasteiger partial charge in [-0.25, -0.2) is 18.4 Å². The molecule has 0 radical (unpaired) electrons. The Morgan fingerprint density at radius 2 is 1.88 bits per heavy atom. The van der Waals surface area contributed by atoms with E-state index in [2.05, 4.69) is 15.0 Å². The van der Waals surface area contributed by atoms with Gasteiger partial charge in [0, 0.05) is 24.4 Å². The molecule has 2 heterocycles. The molecule has 0 atom stereocenters. The van der Waals surface area contributed by atoms with Gasteiger partial charge >= 0.3 is 0 Å². The molecule has 0 saturated heterocycles. The summed E-state index contributed by atoms with van der Waals surface area (Å²) < 4.78 is 29.2. The number of aromatic nitrogens is 3. The van der Waals surface area contributed by atoms with Crippen molar-refractivity contribution in [3.05, 3.63) is 29.1 Å². The average molecular weight is 351 g/mol. The molecule has 4 N–H and O–H groups in total. The highest BCUT2D eigenvalue weighted by Crippen LogP contribution is 2.30. The van der Waals surface area contributed by atoms with E-state index in [9.17, 15) is 8.42 Å². The van der Waals surface area contributed by atoms with Crippen molar-refractivity contribution < 1.29 is 13.2 Å². The third kappa shape index (κ3) is 3.73. The molecule has 0 aliphatic carbocycles. The third-order valence-corrected chi connectivity index (χ3v) is 4.60. The summed E-state index contributed by atoms with van der Waals surface area (Å²) in [6.07, 6.45) is 3.00. The first-order chi connectivity index (χ1) is 11.1. The molecule has 0 aromatic carbocycles. The Morgan fingerprint density at radius 1 is 1.21 bits per heavy atom. The maximum absolute atomic E-state index is 12.0. The smallest absolute Gasteiger partial charge is 0.232 e. The van der Waals surface area contributed by atoms with Crippen molar-refractivity contribution in [2.75, 3.05) is 24.8 Å². The monoisotopic (exact) mass is 351 g/mol. The van der Waals surface area contributed by atoms with Crippen LogP contribution in [0.3, 0.4) is 0 Å². The van der Waals surface area contributed by atoms with Crippen LogP contribution in [0.15, 0.2) is 17.2 Å². The van der Waals surface area contributed by atoms with E-state index in [0.717, 1.165) is 17.5 Å². The third-order valence-electron chi connectivity index (χ3n) is 3.50. The lowest BCUT2D eigenvalue weighted by molar-refractivity contribution is 0.382. The summed E-state index contributed by atoms with van der Waals surface area (Å²) in [4.78, 5) is 12.3. The van der Waals surface area contributed by atoms with Crippen molar-refractivity contribution in [2.24, 2.45) is 0 Å².